The maximum atomic E-state index is 13.9. The molecule has 0 spiro atoms. The number of nitrogens with two attached hydrogens (primary N) is 1. The number of carbonyl (C=O) groups is 1. The number of halogens is 4. The van der Waals surface area contributed by atoms with E-state index in [1.54, 1.807) is 0 Å². The minimum atomic E-state index is -5.17. The summed E-state index contributed by atoms with van der Waals surface area (Å²) in [5.74, 6) is -4.24. The first-order valence-corrected chi connectivity index (χ1v) is 11.6. The summed E-state index contributed by atoms with van der Waals surface area (Å²) in [5.41, 5.74) is 2.26. The Hall–Kier alpha value is -2.70. The van der Waals surface area contributed by atoms with E-state index in [1.807, 2.05) is 0 Å². The number of aliphatic hydroxyl groups is 1. The van der Waals surface area contributed by atoms with Gasteiger partial charge in [-0.05, 0) is 47.7 Å². The fraction of sp³-hybridized carbons (Fsp3) is 0.381. The highest BCUT2D eigenvalue weighted by Gasteiger charge is 2.54. The molecule has 182 valence electrons. The Balaban J connectivity index is 2.33. The number of carboxylic acids is 1. The van der Waals surface area contributed by atoms with Gasteiger partial charge < -0.3 is 21.1 Å². The monoisotopic (exact) mass is 492 g/mol. The zero-order chi connectivity index (χ0) is 25.2. The van der Waals surface area contributed by atoms with E-state index in [2.05, 4.69) is 0 Å². The lowest BCUT2D eigenvalue weighted by molar-refractivity contribution is -0.267. The van der Waals surface area contributed by atoms with Crippen molar-refractivity contribution in [3.8, 4) is 16.9 Å². The smallest absolute Gasteiger partial charge is 0.421 e. The number of rotatable bonds is 9. The summed E-state index contributed by atoms with van der Waals surface area (Å²) >= 11 is 0. The zero-order valence-corrected chi connectivity index (χ0v) is 18.3. The average Bonchev–Trinajstić information content (AvgIpc) is 2.71. The van der Waals surface area contributed by atoms with Gasteiger partial charge in [-0.15, -0.1) is 0 Å². The van der Waals surface area contributed by atoms with Crippen LogP contribution in [0.1, 0.15) is 24.0 Å². The van der Waals surface area contributed by atoms with Crippen molar-refractivity contribution in [3.05, 3.63) is 53.3 Å². The molecule has 0 aliphatic carbocycles. The number of benzene rings is 2. The largest absolute Gasteiger partial charge is 0.505 e. The van der Waals surface area contributed by atoms with Gasteiger partial charge in [-0.3, -0.25) is 9.57 Å². The number of nitrogens with one attached hydrogen (secondary N) is 1. The number of carboxylic acid groups (broad SMARTS) is 1. The standard InChI is InChI=1S/C21H24F4N2O5S/c1-12-10-14(3-4-15(12)13-2-5-18(28)16(22)11-13)20(31,21(23,24)25)7-9-33(27,32)8-6-17(26)19(29)30/h2-5,10-11,17,27-28,31H,6-9,26H2,1H3,(H,29,30)/t17-,20?,33?/m0/s1. The van der Waals surface area contributed by atoms with Crippen molar-refractivity contribution in [3.63, 3.8) is 0 Å². The summed E-state index contributed by atoms with van der Waals surface area (Å²) in [6.45, 7) is 1.46. The summed E-state index contributed by atoms with van der Waals surface area (Å²) in [4.78, 5) is 10.7. The fourth-order valence-corrected chi connectivity index (χ4v) is 4.69. The van der Waals surface area contributed by atoms with Gasteiger partial charge in [-0.1, -0.05) is 24.3 Å². The van der Waals surface area contributed by atoms with Gasteiger partial charge in [0.25, 0.3) is 0 Å². The van der Waals surface area contributed by atoms with Crippen molar-refractivity contribution >= 4 is 15.7 Å². The van der Waals surface area contributed by atoms with E-state index in [1.165, 1.54) is 19.1 Å². The van der Waals surface area contributed by atoms with Crippen LogP contribution in [0.2, 0.25) is 0 Å². The molecule has 12 heteroatoms. The molecule has 2 unspecified atom stereocenters. The fourth-order valence-electron chi connectivity index (χ4n) is 3.22. The van der Waals surface area contributed by atoms with Gasteiger partial charge in [0.05, 0.1) is 0 Å². The third-order valence-electron chi connectivity index (χ3n) is 5.30. The molecule has 0 aromatic heterocycles. The van der Waals surface area contributed by atoms with Gasteiger partial charge in [0.2, 0.25) is 0 Å². The van der Waals surface area contributed by atoms with Crippen LogP contribution < -0.4 is 5.73 Å². The molecule has 0 bridgehead atoms. The SMILES string of the molecule is Cc1cc(C(O)(CCS(=N)(=O)CC[C@H](N)C(=O)O)C(F)(F)F)ccc1-c1ccc(O)c(F)c1. The molecule has 0 saturated carbocycles. The van der Waals surface area contributed by atoms with Gasteiger partial charge in [-0.2, -0.15) is 13.2 Å². The molecule has 0 radical (unpaired) electrons. The summed E-state index contributed by atoms with van der Waals surface area (Å²) in [6, 6.07) is 5.43. The molecule has 2 rings (SSSR count). The first-order chi connectivity index (χ1) is 15.1. The lowest BCUT2D eigenvalue weighted by Gasteiger charge is -2.32. The molecule has 0 aliphatic heterocycles. The predicted octanol–water partition coefficient (Wildman–Crippen LogP) is 3.50. The van der Waals surface area contributed by atoms with E-state index in [0.717, 1.165) is 24.3 Å². The highest BCUT2D eigenvalue weighted by Crippen LogP contribution is 2.43. The Morgan fingerprint density at radius 2 is 1.82 bits per heavy atom. The second-order valence-electron chi connectivity index (χ2n) is 7.76. The van der Waals surface area contributed by atoms with Crippen LogP contribution in [0.5, 0.6) is 5.75 Å². The second kappa shape index (κ2) is 9.65. The summed E-state index contributed by atoms with van der Waals surface area (Å²) in [6.07, 6.45) is -6.62. The Labute approximate surface area is 187 Å². The van der Waals surface area contributed by atoms with Gasteiger partial charge >= 0.3 is 12.1 Å². The van der Waals surface area contributed by atoms with Gasteiger partial charge in [0.15, 0.2) is 17.2 Å². The number of phenolic OH excluding ortho intramolecular Hbond substituents is 1. The Morgan fingerprint density at radius 1 is 1.18 bits per heavy atom. The van der Waals surface area contributed by atoms with E-state index in [9.17, 15) is 36.8 Å². The third kappa shape index (κ3) is 6.21. The van der Waals surface area contributed by atoms with E-state index < -0.39 is 68.6 Å². The number of phenols is 1. The van der Waals surface area contributed by atoms with Crippen LogP contribution in [0.4, 0.5) is 17.6 Å². The molecule has 0 amide bonds. The first kappa shape index (κ1) is 26.6. The van der Waals surface area contributed by atoms with Crippen LogP contribution in [0, 0.1) is 17.5 Å². The lowest BCUT2D eigenvalue weighted by atomic mass is 9.87. The van der Waals surface area contributed by atoms with Crippen LogP contribution in [0.15, 0.2) is 36.4 Å². The molecule has 6 N–H and O–H groups in total. The van der Waals surface area contributed by atoms with Crippen LogP contribution in [-0.4, -0.2) is 49.2 Å². The topological polar surface area (TPSA) is 145 Å². The quantitative estimate of drug-likeness (QED) is 0.339. The van der Waals surface area contributed by atoms with Gasteiger partial charge in [0, 0.05) is 27.7 Å². The van der Waals surface area contributed by atoms with E-state index >= 15 is 0 Å². The van der Waals surface area contributed by atoms with Crippen molar-refractivity contribution in [2.24, 2.45) is 5.73 Å². The number of hydrogen-bond donors (Lipinski definition) is 5. The summed E-state index contributed by atoms with van der Waals surface area (Å²) in [5, 5.41) is 28.6. The highest BCUT2D eigenvalue weighted by molar-refractivity contribution is 7.92. The molecule has 2 aromatic rings. The summed E-state index contributed by atoms with van der Waals surface area (Å²) < 4.78 is 75.4. The van der Waals surface area contributed by atoms with E-state index in [4.69, 9.17) is 15.6 Å². The third-order valence-corrected chi connectivity index (χ3v) is 7.06. The van der Waals surface area contributed by atoms with Gasteiger partial charge in [0.1, 0.15) is 6.04 Å². The minimum Gasteiger partial charge on any atom is -0.505 e. The Kier molecular flexibility index (Phi) is 7.77. The Bertz CT molecular complexity index is 1140. The van der Waals surface area contributed by atoms with Crippen molar-refractivity contribution in [2.75, 3.05) is 11.5 Å². The summed E-state index contributed by atoms with van der Waals surface area (Å²) in [7, 11) is -3.65. The molecule has 3 atom stereocenters. The molecule has 7 nitrogen and oxygen atoms in total. The normalized spacial score (nSPS) is 16.6. The number of aromatic hydroxyl groups is 1. The highest BCUT2D eigenvalue weighted by atomic mass is 32.2. The molecule has 0 aliphatic rings. The van der Waals surface area contributed by atoms with Crippen molar-refractivity contribution in [2.45, 2.75) is 37.6 Å². The molecular weight excluding hydrogens is 468 g/mol. The number of hydrogen-bond acceptors (Lipinski definition) is 6. The maximum Gasteiger partial charge on any atom is 0.421 e. The van der Waals surface area contributed by atoms with Crippen molar-refractivity contribution in [1.82, 2.24) is 0 Å². The first-order valence-electron chi connectivity index (χ1n) is 9.69. The second-order valence-corrected chi connectivity index (χ2v) is 10.2. The van der Waals surface area contributed by atoms with E-state index in [-0.39, 0.29) is 12.0 Å². The number of alkyl halides is 3. The van der Waals surface area contributed by atoms with E-state index in [0.29, 0.717) is 11.1 Å². The van der Waals surface area contributed by atoms with Crippen molar-refractivity contribution < 1.29 is 41.9 Å². The molecule has 0 fully saturated rings. The molecule has 0 saturated heterocycles. The maximum absolute atomic E-state index is 13.9. The van der Waals surface area contributed by atoms with Crippen LogP contribution >= 0.6 is 0 Å². The number of aliphatic carboxylic acids is 1. The van der Waals surface area contributed by atoms with Crippen LogP contribution in [0.25, 0.3) is 11.1 Å². The predicted molar refractivity (Wildman–Crippen MR) is 114 cm³/mol. The Morgan fingerprint density at radius 3 is 2.33 bits per heavy atom. The average molecular weight is 492 g/mol. The minimum absolute atomic E-state index is 0.277. The number of aryl methyl sites for hydroxylation is 1. The zero-order valence-electron chi connectivity index (χ0n) is 17.5. The van der Waals surface area contributed by atoms with Crippen LogP contribution in [-0.2, 0) is 20.1 Å². The van der Waals surface area contributed by atoms with Gasteiger partial charge in [-0.25, -0.2) is 8.60 Å². The molecular formula is C21H24F4N2O5S. The molecule has 33 heavy (non-hydrogen) atoms. The molecule has 2 aromatic carbocycles. The molecule has 0 heterocycles. The lowest BCUT2D eigenvalue weighted by Crippen LogP contribution is -2.44. The van der Waals surface area contributed by atoms with Crippen LogP contribution in [0.3, 0.4) is 0 Å². The van der Waals surface area contributed by atoms with Crippen molar-refractivity contribution in [1.29, 1.82) is 4.78 Å².